The lowest BCUT2D eigenvalue weighted by Crippen LogP contribution is -2.28. The maximum atomic E-state index is 11.7. The molecule has 5 nitrogen and oxygen atoms in total. The first-order valence-electron chi connectivity index (χ1n) is 10.7. The van der Waals surface area contributed by atoms with Crippen molar-refractivity contribution in [1.29, 1.82) is 0 Å². The van der Waals surface area contributed by atoms with Gasteiger partial charge >= 0.3 is 0 Å². The fourth-order valence-corrected chi connectivity index (χ4v) is 4.72. The van der Waals surface area contributed by atoms with Gasteiger partial charge in [-0.05, 0) is 35.4 Å². The zero-order chi connectivity index (χ0) is 24.8. The minimum Gasteiger partial charge on any atom is -0.493 e. The summed E-state index contributed by atoms with van der Waals surface area (Å²) in [5.41, 5.74) is 1.51. The van der Waals surface area contributed by atoms with E-state index in [0.29, 0.717) is 12.5 Å². The van der Waals surface area contributed by atoms with E-state index in [1.54, 1.807) is 12.1 Å². The van der Waals surface area contributed by atoms with Gasteiger partial charge in [-0.3, -0.25) is 0 Å². The van der Waals surface area contributed by atoms with Crippen LogP contribution in [0.1, 0.15) is 38.8 Å². The van der Waals surface area contributed by atoms with Gasteiger partial charge in [0.05, 0.1) is 22.4 Å². The van der Waals surface area contributed by atoms with E-state index in [9.17, 15) is 13.5 Å². The fraction of sp³-hybridized carbons (Fsp3) is 0.500. The number of halogens is 3. The largest absolute Gasteiger partial charge is 0.493 e. The van der Waals surface area contributed by atoms with Crippen molar-refractivity contribution in [3.8, 4) is 11.5 Å². The first-order chi connectivity index (χ1) is 15.4. The van der Waals surface area contributed by atoms with Crippen LogP contribution in [0.4, 0.5) is 0 Å². The second-order valence-electron chi connectivity index (χ2n) is 8.65. The van der Waals surface area contributed by atoms with Crippen molar-refractivity contribution in [1.82, 2.24) is 0 Å². The number of aliphatic hydroxyl groups is 1. The Bertz CT molecular complexity index is 1000. The molecule has 0 radical (unpaired) electrons. The van der Waals surface area contributed by atoms with Gasteiger partial charge < -0.3 is 14.6 Å². The molecule has 184 valence electrons. The molecule has 2 atom stereocenters. The minimum absolute atomic E-state index is 0.0466. The fourth-order valence-electron chi connectivity index (χ4n) is 3.11. The van der Waals surface area contributed by atoms with Gasteiger partial charge in [0.15, 0.2) is 15.6 Å². The Hall–Kier alpha value is -1.18. The molecule has 0 saturated heterocycles. The zero-order valence-electron chi connectivity index (χ0n) is 19.3. The topological polar surface area (TPSA) is 72.8 Å². The molecule has 0 aliphatic carbocycles. The molecule has 0 saturated carbocycles. The van der Waals surface area contributed by atoms with Gasteiger partial charge in [-0.1, -0.05) is 63.0 Å². The molecule has 0 aliphatic rings. The predicted molar refractivity (Wildman–Crippen MR) is 136 cm³/mol. The molecular formula is C24H31Cl3O5S. The summed E-state index contributed by atoms with van der Waals surface area (Å²) >= 11 is 18.7. The number of sulfone groups is 1. The Morgan fingerprint density at radius 1 is 1.00 bits per heavy atom. The van der Waals surface area contributed by atoms with Crippen LogP contribution in [0.15, 0.2) is 36.4 Å². The molecule has 0 bridgehead atoms. The molecule has 9 heteroatoms. The van der Waals surface area contributed by atoms with Crippen LogP contribution in [0.3, 0.4) is 0 Å². The highest BCUT2D eigenvalue weighted by atomic mass is 35.5. The van der Waals surface area contributed by atoms with E-state index in [4.69, 9.17) is 44.3 Å². The van der Waals surface area contributed by atoms with E-state index in [2.05, 4.69) is 13.8 Å². The minimum atomic E-state index is -3.32. The van der Waals surface area contributed by atoms with Crippen LogP contribution in [0.5, 0.6) is 11.5 Å². The number of hydrogen-bond donors (Lipinski definition) is 1. The number of aliphatic hydroxyl groups excluding tert-OH is 1. The van der Waals surface area contributed by atoms with E-state index in [1.807, 2.05) is 31.2 Å². The third-order valence-electron chi connectivity index (χ3n) is 5.40. The van der Waals surface area contributed by atoms with Crippen molar-refractivity contribution in [3.05, 3.63) is 57.6 Å². The summed E-state index contributed by atoms with van der Waals surface area (Å²) in [5.74, 6) is 1.37. The van der Waals surface area contributed by atoms with Crippen molar-refractivity contribution in [2.24, 2.45) is 5.92 Å². The molecule has 0 amide bonds. The average molecular weight is 538 g/mol. The standard InChI is InChI=1S/C24H31Cl3O5S/c1-5-33(29,30)15-19(28)14-32-23-21(26)10-18(11-22(23)27)24(3,4)17-6-8-20(9-7-17)31-13-16(2)12-25/h6-11,16,19,28H,5,12-15H2,1-4H3/t16-,19-/m1/s1. The van der Waals surface area contributed by atoms with Crippen molar-refractivity contribution in [2.45, 2.75) is 39.2 Å². The van der Waals surface area contributed by atoms with Crippen molar-refractivity contribution < 1.29 is 23.0 Å². The van der Waals surface area contributed by atoms with Gasteiger partial charge in [-0.15, -0.1) is 11.6 Å². The van der Waals surface area contributed by atoms with Crippen molar-refractivity contribution in [3.63, 3.8) is 0 Å². The number of ether oxygens (including phenoxy) is 2. The maximum Gasteiger partial charge on any atom is 0.156 e. The third-order valence-corrected chi connectivity index (χ3v) is 8.26. The van der Waals surface area contributed by atoms with Crippen molar-refractivity contribution >= 4 is 44.6 Å². The molecule has 0 spiro atoms. The number of hydrogen-bond acceptors (Lipinski definition) is 5. The highest BCUT2D eigenvalue weighted by Crippen LogP contribution is 2.40. The molecule has 2 aromatic carbocycles. The van der Waals surface area contributed by atoms with Gasteiger partial charge in [0.2, 0.25) is 0 Å². The van der Waals surface area contributed by atoms with E-state index in [0.717, 1.165) is 16.9 Å². The molecule has 33 heavy (non-hydrogen) atoms. The molecule has 0 fully saturated rings. The quantitative estimate of drug-likeness (QED) is 0.349. The smallest absolute Gasteiger partial charge is 0.156 e. The van der Waals surface area contributed by atoms with Crippen LogP contribution in [0.2, 0.25) is 10.0 Å². The summed E-state index contributed by atoms with van der Waals surface area (Å²) in [4.78, 5) is 0. The summed E-state index contributed by atoms with van der Waals surface area (Å²) in [6.07, 6.45) is -1.17. The normalized spacial score (nSPS) is 14.1. The van der Waals surface area contributed by atoms with Gasteiger partial charge in [-0.25, -0.2) is 8.42 Å². The first-order valence-corrected chi connectivity index (χ1v) is 13.8. The molecule has 1 N–H and O–H groups in total. The van der Waals surface area contributed by atoms with Crippen LogP contribution < -0.4 is 9.47 Å². The molecule has 0 aliphatic heterocycles. The second kappa shape index (κ2) is 12.0. The van der Waals surface area contributed by atoms with Gasteiger partial charge in [-0.2, -0.15) is 0 Å². The molecule has 2 rings (SSSR count). The lowest BCUT2D eigenvalue weighted by Gasteiger charge is -2.27. The van der Waals surface area contributed by atoms with Crippen LogP contribution in [0.25, 0.3) is 0 Å². The maximum absolute atomic E-state index is 11.7. The Balaban J connectivity index is 2.15. The van der Waals surface area contributed by atoms with E-state index in [-0.39, 0.29) is 39.8 Å². The summed E-state index contributed by atoms with van der Waals surface area (Å²) < 4.78 is 34.7. The first kappa shape index (κ1) is 28.1. The predicted octanol–water partition coefficient (Wildman–Crippen LogP) is 5.75. The summed E-state index contributed by atoms with van der Waals surface area (Å²) in [6, 6.07) is 11.4. The van der Waals surface area contributed by atoms with Crippen LogP contribution in [-0.4, -0.2) is 50.2 Å². The number of alkyl halides is 1. The summed E-state index contributed by atoms with van der Waals surface area (Å²) in [5, 5.41) is 10.6. The average Bonchev–Trinajstić information content (AvgIpc) is 2.76. The Morgan fingerprint density at radius 3 is 2.09 bits per heavy atom. The Morgan fingerprint density at radius 2 is 1.58 bits per heavy atom. The highest BCUT2D eigenvalue weighted by molar-refractivity contribution is 7.91. The Kier molecular flexibility index (Phi) is 10.2. The summed E-state index contributed by atoms with van der Waals surface area (Å²) in [7, 11) is -3.32. The summed E-state index contributed by atoms with van der Waals surface area (Å²) in [6.45, 7) is 7.99. The molecule has 0 heterocycles. The molecular weight excluding hydrogens is 507 g/mol. The number of benzene rings is 2. The lowest BCUT2D eigenvalue weighted by molar-refractivity contribution is 0.125. The SMILES string of the molecule is CCS(=O)(=O)C[C@H](O)COc1c(Cl)cc(C(C)(C)c2ccc(OC[C@H](C)CCl)cc2)cc1Cl. The monoisotopic (exact) mass is 536 g/mol. The molecule has 0 aromatic heterocycles. The van der Waals surface area contributed by atoms with Crippen molar-refractivity contribution in [2.75, 3.05) is 30.6 Å². The van der Waals surface area contributed by atoms with E-state index < -0.39 is 21.4 Å². The van der Waals surface area contributed by atoms with Crippen LogP contribution in [0, 0.1) is 5.92 Å². The van der Waals surface area contributed by atoms with Gasteiger partial charge in [0.1, 0.15) is 18.5 Å². The second-order valence-corrected chi connectivity index (χ2v) is 12.2. The zero-order valence-corrected chi connectivity index (χ0v) is 22.4. The molecule has 0 unspecified atom stereocenters. The van der Waals surface area contributed by atoms with E-state index >= 15 is 0 Å². The van der Waals surface area contributed by atoms with Crippen LogP contribution >= 0.6 is 34.8 Å². The van der Waals surface area contributed by atoms with Gasteiger partial charge in [0, 0.05) is 23.0 Å². The van der Waals surface area contributed by atoms with Gasteiger partial charge in [0.25, 0.3) is 0 Å². The third kappa shape index (κ3) is 7.93. The lowest BCUT2D eigenvalue weighted by atomic mass is 9.78. The van der Waals surface area contributed by atoms with Crippen LogP contribution in [-0.2, 0) is 15.3 Å². The highest BCUT2D eigenvalue weighted by Gasteiger charge is 2.26. The van der Waals surface area contributed by atoms with E-state index in [1.165, 1.54) is 6.92 Å². The number of rotatable bonds is 12. The molecule has 2 aromatic rings. The Labute approximate surface area is 211 Å².